The van der Waals surface area contributed by atoms with Gasteiger partial charge < -0.3 is 14.2 Å². The van der Waals surface area contributed by atoms with E-state index in [0.717, 1.165) is 0 Å². The predicted octanol–water partition coefficient (Wildman–Crippen LogP) is 4.05. The zero-order valence-corrected chi connectivity index (χ0v) is 12.3. The van der Waals surface area contributed by atoms with Crippen LogP contribution in [0.2, 0.25) is 0 Å². The van der Waals surface area contributed by atoms with Crippen LogP contribution in [0.15, 0.2) is 42.5 Å². The van der Waals surface area contributed by atoms with Crippen molar-refractivity contribution in [2.45, 2.75) is 6.36 Å². The van der Waals surface area contributed by atoms with E-state index in [0.29, 0.717) is 16.9 Å². The molecule has 0 amide bonds. The number of carbonyl (C=O) groups is 1. The van der Waals surface area contributed by atoms with Gasteiger partial charge >= 0.3 is 12.3 Å². The first-order valence-corrected chi connectivity index (χ1v) is 6.46. The molecule has 0 atom stereocenters. The van der Waals surface area contributed by atoms with E-state index >= 15 is 0 Å². The van der Waals surface area contributed by atoms with Gasteiger partial charge in [0.05, 0.1) is 19.8 Å². The van der Waals surface area contributed by atoms with E-state index in [9.17, 15) is 18.0 Å². The van der Waals surface area contributed by atoms with Crippen LogP contribution in [0.25, 0.3) is 11.1 Å². The Morgan fingerprint density at radius 2 is 1.65 bits per heavy atom. The quantitative estimate of drug-likeness (QED) is 0.795. The number of halogens is 3. The standard InChI is InChI=1S/C16H13F3O4/c1-21-14-8-11(6-12(9-14)15(20)22-2)10-4-3-5-13(7-10)23-16(17,18)19/h3-9H,1-2H3. The van der Waals surface area contributed by atoms with Gasteiger partial charge in [-0.3, -0.25) is 0 Å². The minimum absolute atomic E-state index is 0.226. The average molecular weight is 326 g/mol. The highest BCUT2D eigenvalue weighted by Gasteiger charge is 2.31. The lowest BCUT2D eigenvalue weighted by atomic mass is 10.0. The maximum absolute atomic E-state index is 12.3. The second-order valence-electron chi connectivity index (χ2n) is 4.52. The van der Waals surface area contributed by atoms with Crippen LogP contribution in [0.3, 0.4) is 0 Å². The Morgan fingerprint density at radius 1 is 0.957 bits per heavy atom. The molecule has 0 aliphatic heterocycles. The van der Waals surface area contributed by atoms with E-state index < -0.39 is 12.3 Å². The third-order valence-electron chi connectivity index (χ3n) is 2.96. The number of rotatable bonds is 4. The smallest absolute Gasteiger partial charge is 0.497 e. The van der Waals surface area contributed by atoms with Gasteiger partial charge in [0.25, 0.3) is 0 Å². The SMILES string of the molecule is COC(=O)c1cc(OC)cc(-c2cccc(OC(F)(F)F)c2)c1. The second-order valence-corrected chi connectivity index (χ2v) is 4.52. The fourth-order valence-corrected chi connectivity index (χ4v) is 1.99. The van der Waals surface area contributed by atoms with Crippen LogP contribution >= 0.6 is 0 Å². The summed E-state index contributed by atoms with van der Waals surface area (Å²) in [7, 11) is 2.66. The summed E-state index contributed by atoms with van der Waals surface area (Å²) in [6, 6.07) is 10.0. The minimum atomic E-state index is -4.77. The molecule has 0 unspecified atom stereocenters. The van der Waals surface area contributed by atoms with Crippen molar-refractivity contribution in [1.29, 1.82) is 0 Å². The van der Waals surface area contributed by atoms with E-state index in [1.807, 2.05) is 0 Å². The molecule has 0 aromatic heterocycles. The molecule has 7 heteroatoms. The molecule has 0 saturated carbocycles. The third kappa shape index (κ3) is 4.38. The monoisotopic (exact) mass is 326 g/mol. The van der Waals surface area contributed by atoms with E-state index in [2.05, 4.69) is 9.47 Å². The fourth-order valence-electron chi connectivity index (χ4n) is 1.99. The van der Waals surface area contributed by atoms with Crippen LogP contribution in [0.4, 0.5) is 13.2 Å². The molecule has 0 fully saturated rings. The fraction of sp³-hybridized carbons (Fsp3) is 0.188. The first-order chi connectivity index (χ1) is 10.8. The van der Waals surface area contributed by atoms with Gasteiger partial charge in [-0.25, -0.2) is 4.79 Å². The number of hydrogen-bond donors (Lipinski definition) is 0. The van der Waals surface area contributed by atoms with Crippen LogP contribution < -0.4 is 9.47 Å². The van der Waals surface area contributed by atoms with Gasteiger partial charge in [-0.2, -0.15) is 0 Å². The van der Waals surface area contributed by atoms with Gasteiger partial charge in [-0.05, 0) is 41.5 Å². The average Bonchev–Trinajstić information content (AvgIpc) is 2.52. The zero-order chi connectivity index (χ0) is 17.0. The number of carbonyl (C=O) groups excluding carboxylic acids is 1. The number of hydrogen-bond acceptors (Lipinski definition) is 4. The van der Waals surface area contributed by atoms with Crippen LogP contribution in [0.5, 0.6) is 11.5 Å². The number of benzene rings is 2. The molecule has 122 valence electrons. The normalized spacial score (nSPS) is 11.0. The second kappa shape index (κ2) is 6.60. The molecule has 0 aliphatic carbocycles. The van der Waals surface area contributed by atoms with Crippen molar-refractivity contribution in [3.63, 3.8) is 0 Å². The molecular formula is C16H13F3O4. The van der Waals surface area contributed by atoms with Crippen molar-refractivity contribution in [3.05, 3.63) is 48.0 Å². The van der Waals surface area contributed by atoms with Crippen LogP contribution in [0, 0.1) is 0 Å². The maximum atomic E-state index is 12.3. The molecule has 0 spiro atoms. The minimum Gasteiger partial charge on any atom is -0.497 e. The van der Waals surface area contributed by atoms with E-state index in [4.69, 9.17) is 4.74 Å². The molecule has 2 aromatic carbocycles. The third-order valence-corrected chi connectivity index (χ3v) is 2.96. The molecule has 4 nitrogen and oxygen atoms in total. The van der Waals surface area contributed by atoms with Crippen molar-refractivity contribution >= 4 is 5.97 Å². The lowest BCUT2D eigenvalue weighted by molar-refractivity contribution is -0.274. The summed E-state index contributed by atoms with van der Waals surface area (Å²) in [5.74, 6) is -0.546. The van der Waals surface area contributed by atoms with E-state index in [-0.39, 0.29) is 11.3 Å². The Hall–Kier alpha value is -2.70. The molecule has 2 rings (SSSR count). The van der Waals surface area contributed by atoms with Crippen molar-refractivity contribution in [2.24, 2.45) is 0 Å². The van der Waals surface area contributed by atoms with E-state index in [1.165, 1.54) is 44.6 Å². The van der Waals surface area contributed by atoms with Crippen molar-refractivity contribution < 1.29 is 32.2 Å². The molecule has 0 aliphatic rings. The summed E-state index contributed by atoms with van der Waals surface area (Å²) < 4.78 is 50.6. The summed E-state index contributed by atoms with van der Waals surface area (Å²) in [6.07, 6.45) is -4.77. The number of alkyl halides is 3. The van der Waals surface area contributed by atoms with Crippen molar-refractivity contribution in [2.75, 3.05) is 14.2 Å². The molecule has 0 saturated heterocycles. The number of methoxy groups -OCH3 is 2. The summed E-state index contributed by atoms with van der Waals surface area (Å²) in [4.78, 5) is 11.7. The van der Waals surface area contributed by atoms with Gasteiger partial charge in [0.2, 0.25) is 0 Å². The Bertz CT molecular complexity index is 711. The predicted molar refractivity (Wildman–Crippen MR) is 76.5 cm³/mol. The molecule has 2 aromatic rings. The maximum Gasteiger partial charge on any atom is 0.573 e. The largest absolute Gasteiger partial charge is 0.573 e. The summed E-state index contributed by atoms with van der Waals surface area (Å²) in [5.41, 5.74) is 1.16. The number of ether oxygens (including phenoxy) is 3. The van der Waals surface area contributed by atoms with Crippen LogP contribution in [0.1, 0.15) is 10.4 Å². The number of esters is 1. The molecule has 0 heterocycles. The molecule has 0 bridgehead atoms. The Morgan fingerprint density at radius 3 is 2.26 bits per heavy atom. The van der Waals surface area contributed by atoms with Crippen LogP contribution in [-0.2, 0) is 4.74 Å². The molecule has 0 N–H and O–H groups in total. The van der Waals surface area contributed by atoms with Crippen LogP contribution in [-0.4, -0.2) is 26.6 Å². The molecule has 0 radical (unpaired) electrons. The Balaban J connectivity index is 2.45. The summed E-state index contributed by atoms with van der Waals surface area (Å²) in [6.45, 7) is 0. The highest BCUT2D eigenvalue weighted by molar-refractivity contribution is 5.91. The first-order valence-electron chi connectivity index (χ1n) is 6.46. The summed E-state index contributed by atoms with van der Waals surface area (Å²) >= 11 is 0. The zero-order valence-electron chi connectivity index (χ0n) is 12.3. The highest BCUT2D eigenvalue weighted by Crippen LogP contribution is 2.30. The van der Waals surface area contributed by atoms with Gasteiger partial charge in [-0.15, -0.1) is 13.2 Å². The van der Waals surface area contributed by atoms with Crippen molar-refractivity contribution in [3.8, 4) is 22.6 Å². The van der Waals surface area contributed by atoms with Gasteiger partial charge in [0.1, 0.15) is 11.5 Å². The first kappa shape index (κ1) is 16.7. The Labute approximate surface area is 130 Å². The molecular weight excluding hydrogens is 313 g/mol. The Kier molecular flexibility index (Phi) is 4.78. The lowest BCUT2D eigenvalue weighted by Gasteiger charge is -2.11. The summed E-state index contributed by atoms with van der Waals surface area (Å²) in [5, 5.41) is 0. The lowest BCUT2D eigenvalue weighted by Crippen LogP contribution is -2.17. The van der Waals surface area contributed by atoms with Gasteiger partial charge in [0, 0.05) is 0 Å². The highest BCUT2D eigenvalue weighted by atomic mass is 19.4. The molecule has 23 heavy (non-hydrogen) atoms. The van der Waals surface area contributed by atoms with Gasteiger partial charge in [-0.1, -0.05) is 12.1 Å². The van der Waals surface area contributed by atoms with E-state index in [1.54, 1.807) is 12.1 Å². The van der Waals surface area contributed by atoms with Gasteiger partial charge in [0.15, 0.2) is 0 Å². The topological polar surface area (TPSA) is 44.8 Å². The van der Waals surface area contributed by atoms with Crippen molar-refractivity contribution in [1.82, 2.24) is 0 Å².